The molecule has 1 rings (SSSR count). The highest BCUT2D eigenvalue weighted by molar-refractivity contribution is 5.24. The molecule has 0 aliphatic heterocycles. The Bertz CT molecular complexity index is 289. The number of nitrogens with two attached hydrogens (primary N) is 1. The van der Waals surface area contributed by atoms with Crippen LogP contribution in [0.3, 0.4) is 0 Å². The van der Waals surface area contributed by atoms with Crippen molar-refractivity contribution in [3.05, 3.63) is 29.8 Å². The lowest BCUT2D eigenvalue weighted by molar-refractivity contribution is 0.281. The Labute approximate surface area is 75.3 Å². The predicted molar refractivity (Wildman–Crippen MR) is 45.5 cm³/mol. The molecule has 0 heterocycles. The van der Waals surface area contributed by atoms with Crippen molar-refractivity contribution in [2.45, 2.75) is 13.0 Å². The molecule has 0 saturated heterocycles. The molecule has 0 aromatic heterocycles. The van der Waals surface area contributed by atoms with Crippen LogP contribution >= 0.6 is 0 Å². The monoisotopic (exact) mass is 187 g/mol. The van der Waals surface area contributed by atoms with Gasteiger partial charge in [-0.25, -0.2) is 8.78 Å². The van der Waals surface area contributed by atoms with Crippen LogP contribution in [0.25, 0.3) is 0 Å². The molecule has 0 spiro atoms. The van der Waals surface area contributed by atoms with Gasteiger partial charge < -0.3 is 10.5 Å². The quantitative estimate of drug-likeness (QED) is 0.781. The summed E-state index contributed by atoms with van der Waals surface area (Å²) in [5, 5.41) is 0. The van der Waals surface area contributed by atoms with Crippen LogP contribution in [0.5, 0.6) is 5.75 Å². The molecular weight excluding hydrogens is 176 g/mol. The van der Waals surface area contributed by atoms with Crippen LogP contribution in [-0.4, -0.2) is 12.6 Å². The first-order valence-corrected chi connectivity index (χ1v) is 3.93. The Kier molecular flexibility index (Phi) is 3.19. The van der Waals surface area contributed by atoms with Crippen LogP contribution in [0, 0.1) is 11.6 Å². The summed E-state index contributed by atoms with van der Waals surface area (Å²) in [5.74, 6) is -1.21. The van der Waals surface area contributed by atoms with Gasteiger partial charge >= 0.3 is 0 Å². The van der Waals surface area contributed by atoms with Gasteiger partial charge in [-0.15, -0.1) is 0 Å². The number of hydrogen-bond donors (Lipinski definition) is 1. The Morgan fingerprint density at radius 1 is 1.46 bits per heavy atom. The van der Waals surface area contributed by atoms with Gasteiger partial charge in [0.15, 0.2) is 11.6 Å². The van der Waals surface area contributed by atoms with Gasteiger partial charge in [-0.2, -0.15) is 0 Å². The molecule has 1 aromatic carbocycles. The van der Waals surface area contributed by atoms with Gasteiger partial charge in [-0.05, 0) is 19.1 Å². The van der Waals surface area contributed by atoms with Crippen LogP contribution in [-0.2, 0) is 0 Å². The average Bonchev–Trinajstić information content (AvgIpc) is 2.06. The Morgan fingerprint density at radius 3 is 2.77 bits per heavy atom. The number of ether oxygens (including phenoxy) is 1. The number of rotatable bonds is 3. The molecular formula is C9H11F2NO. The van der Waals surface area contributed by atoms with E-state index < -0.39 is 11.6 Å². The van der Waals surface area contributed by atoms with E-state index in [1.807, 2.05) is 0 Å². The molecule has 0 fully saturated rings. The highest BCUT2D eigenvalue weighted by atomic mass is 19.1. The Morgan fingerprint density at radius 2 is 2.15 bits per heavy atom. The maximum Gasteiger partial charge on any atom is 0.165 e. The highest BCUT2D eigenvalue weighted by Gasteiger charge is 2.05. The van der Waals surface area contributed by atoms with Gasteiger partial charge in [-0.3, -0.25) is 0 Å². The van der Waals surface area contributed by atoms with Gasteiger partial charge in [0.1, 0.15) is 12.4 Å². The third-order valence-corrected chi connectivity index (χ3v) is 1.39. The fourth-order valence-electron chi connectivity index (χ4n) is 0.809. The van der Waals surface area contributed by atoms with Crippen molar-refractivity contribution >= 4 is 0 Å². The van der Waals surface area contributed by atoms with E-state index in [1.165, 1.54) is 0 Å². The standard InChI is InChI=1S/C9H11F2NO/c1-6(12)5-13-9-4-7(10)2-3-8(9)11/h2-4,6H,5,12H2,1H3/t6-/m0/s1. The Hall–Kier alpha value is -1.16. The SMILES string of the molecule is C[C@H](N)COc1cc(F)ccc1F. The number of halogens is 2. The fourth-order valence-corrected chi connectivity index (χ4v) is 0.809. The summed E-state index contributed by atoms with van der Waals surface area (Å²) >= 11 is 0. The van der Waals surface area contributed by atoms with E-state index in [4.69, 9.17) is 10.5 Å². The summed E-state index contributed by atoms with van der Waals surface area (Å²) in [6.45, 7) is 1.89. The lowest BCUT2D eigenvalue weighted by atomic mass is 10.3. The van der Waals surface area contributed by atoms with Crippen molar-refractivity contribution < 1.29 is 13.5 Å². The summed E-state index contributed by atoms with van der Waals surface area (Å²) in [6, 6.07) is 2.85. The minimum Gasteiger partial charge on any atom is -0.489 e. The van der Waals surface area contributed by atoms with E-state index >= 15 is 0 Å². The van der Waals surface area contributed by atoms with Gasteiger partial charge in [0.25, 0.3) is 0 Å². The van der Waals surface area contributed by atoms with Gasteiger partial charge in [-0.1, -0.05) is 0 Å². The molecule has 1 atom stereocenters. The van der Waals surface area contributed by atoms with Crippen molar-refractivity contribution in [1.82, 2.24) is 0 Å². The second-order valence-electron chi connectivity index (χ2n) is 2.86. The number of hydrogen-bond acceptors (Lipinski definition) is 2. The van der Waals surface area contributed by atoms with Gasteiger partial charge in [0.2, 0.25) is 0 Å². The molecule has 0 aliphatic rings. The smallest absolute Gasteiger partial charge is 0.165 e. The van der Waals surface area contributed by atoms with E-state index in [2.05, 4.69) is 0 Å². The lowest BCUT2D eigenvalue weighted by Gasteiger charge is -2.09. The molecule has 0 saturated carbocycles. The first kappa shape index (κ1) is 9.92. The third-order valence-electron chi connectivity index (χ3n) is 1.39. The molecule has 72 valence electrons. The van der Waals surface area contributed by atoms with Crippen molar-refractivity contribution in [3.63, 3.8) is 0 Å². The summed E-state index contributed by atoms with van der Waals surface area (Å²) in [6.07, 6.45) is 0. The van der Waals surface area contributed by atoms with Crippen LogP contribution in [0.1, 0.15) is 6.92 Å². The molecule has 13 heavy (non-hydrogen) atoms. The second kappa shape index (κ2) is 4.18. The van der Waals surface area contributed by atoms with E-state index in [0.29, 0.717) is 0 Å². The summed E-state index contributed by atoms with van der Waals surface area (Å²) < 4.78 is 30.4. The van der Waals surface area contributed by atoms with Crippen LogP contribution in [0.15, 0.2) is 18.2 Å². The zero-order valence-electron chi connectivity index (χ0n) is 7.26. The van der Waals surface area contributed by atoms with Crippen molar-refractivity contribution in [3.8, 4) is 5.75 Å². The molecule has 0 amide bonds. The summed E-state index contributed by atoms with van der Waals surface area (Å²) in [7, 11) is 0. The molecule has 1 aromatic rings. The van der Waals surface area contributed by atoms with E-state index in [-0.39, 0.29) is 18.4 Å². The number of benzene rings is 1. The summed E-state index contributed by atoms with van der Waals surface area (Å²) in [4.78, 5) is 0. The zero-order chi connectivity index (χ0) is 9.84. The average molecular weight is 187 g/mol. The first-order chi connectivity index (χ1) is 6.09. The first-order valence-electron chi connectivity index (χ1n) is 3.93. The van der Waals surface area contributed by atoms with Crippen LogP contribution in [0.2, 0.25) is 0 Å². The van der Waals surface area contributed by atoms with Gasteiger partial charge in [0.05, 0.1) is 0 Å². The largest absolute Gasteiger partial charge is 0.489 e. The maximum absolute atomic E-state index is 12.9. The molecule has 0 radical (unpaired) electrons. The topological polar surface area (TPSA) is 35.2 Å². The van der Waals surface area contributed by atoms with Crippen molar-refractivity contribution in [1.29, 1.82) is 0 Å². The predicted octanol–water partition coefficient (Wildman–Crippen LogP) is 1.69. The summed E-state index contributed by atoms with van der Waals surface area (Å²) in [5.41, 5.74) is 5.39. The maximum atomic E-state index is 12.9. The minimum atomic E-state index is -0.581. The van der Waals surface area contributed by atoms with E-state index in [9.17, 15) is 8.78 Å². The zero-order valence-corrected chi connectivity index (χ0v) is 7.26. The normalized spacial score (nSPS) is 12.6. The van der Waals surface area contributed by atoms with E-state index in [0.717, 1.165) is 18.2 Å². The third kappa shape index (κ3) is 2.99. The highest BCUT2D eigenvalue weighted by Crippen LogP contribution is 2.17. The van der Waals surface area contributed by atoms with Gasteiger partial charge in [0, 0.05) is 12.1 Å². The molecule has 0 bridgehead atoms. The molecule has 2 nitrogen and oxygen atoms in total. The molecule has 0 aliphatic carbocycles. The fraction of sp³-hybridized carbons (Fsp3) is 0.333. The van der Waals surface area contributed by atoms with Crippen LogP contribution in [0.4, 0.5) is 8.78 Å². The lowest BCUT2D eigenvalue weighted by Crippen LogP contribution is -2.23. The van der Waals surface area contributed by atoms with Crippen molar-refractivity contribution in [2.24, 2.45) is 5.73 Å². The van der Waals surface area contributed by atoms with Crippen LogP contribution < -0.4 is 10.5 Å². The van der Waals surface area contributed by atoms with E-state index in [1.54, 1.807) is 6.92 Å². The molecule has 0 unspecified atom stereocenters. The Balaban J connectivity index is 2.70. The molecule has 2 N–H and O–H groups in total. The molecule has 4 heteroatoms. The minimum absolute atomic E-state index is 0.0997. The van der Waals surface area contributed by atoms with Crippen molar-refractivity contribution in [2.75, 3.05) is 6.61 Å². The second-order valence-corrected chi connectivity index (χ2v) is 2.86.